The van der Waals surface area contributed by atoms with Crippen molar-refractivity contribution in [3.8, 4) is 0 Å². The minimum Gasteiger partial charge on any atom is -0.352 e. The topological polar surface area (TPSA) is 69.7 Å². The van der Waals surface area contributed by atoms with Crippen LogP contribution in [0.25, 0.3) is 0 Å². The van der Waals surface area contributed by atoms with Crippen LogP contribution in [0.4, 0.5) is 0 Å². The summed E-state index contributed by atoms with van der Waals surface area (Å²) in [6.07, 6.45) is 7.05. The van der Waals surface area contributed by atoms with E-state index in [2.05, 4.69) is 24.3 Å². The Labute approximate surface area is 134 Å². The van der Waals surface area contributed by atoms with Gasteiger partial charge in [-0.3, -0.25) is 4.79 Å². The van der Waals surface area contributed by atoms with Gasteiger partial charge in [-0.2, -0.15) is 4.31 Å². The quantitative estimate of drug-likeness (QED) is 0.803. The summed E-state index contributed by atoms with van der Waals surface area (Å²) in [7, 11) is 0.797. The van der Waals surface area contributed by atoms with Crippen molar-refractivity contribution in [3.05, 3.63) is 0 Å². The molecule has 0 aromatic carbocycles. The molecule has 1 amide bonds. The predicted octanol–water partition coefficient (Wildman–Crippen LogP) is 0.647. The van der Waals surface area contributed by atoms with Crippen LogP contribution in [0, 0.1) is 5.92 Å². The highest BCUT2D eigenvalue weighted by Crippen LogP contribution is 2.26. The van der Waals surface area contributed by atoms with E-state index in [0.29, 0.717) is 18.9 Å². The Morgan fingerprint density at radius 2 is 1.86 bits per heavy atom. The van der Waals surface area contributed by atoms with Crippen LogP contribution in [0.5, 0.6) is 0 Å². The number of carbonyl (C=O) groups is 1. The van der Waals surface area contributed by atoms with Crippen molar-refractivity contribution in [2.24, 2.45) is 5.92 Å². The van der Waals surface area contributed by atoms with E-state index in [1.807, 2.05) is 0 Å². The smallest absolute Gasteiger partial charge is 0.238 e. The Morgan fingerprint density at radius 3 is 2.50 bits per heavy atom. The minimum absolute atomic E-state index is 0.112. The highest BCUT2D eigenvalue weighted by molar-refractivity contribution is 7.88. The normalized spacial score (nSPS) is 30.6. The number of hydrogen-bond acceptors (Lipinski definition) is 4. The molecule has 2 aliphatic rings. The zero-order valence-corrected chi connectivity index (χ0v) is 14.7. The molecule has 1 aliphatic carbocycles. The molecule has 0 bridgehead atoms. The van der Waals surface area contributed by atoms with E-state index in [-0.39, 0.29) is 11.9 Å². The first-order valence-electron chi connectivity index (χ1n) is 8.21. The molecule has 0 aromatic rings. The van der Waals surface area contributed by atoms with E-state index >= 15 is 0 Å². The van der Waals surface area contributed by atoms with E-state index in [9.17, 15) is 13.2 Å². The number of nitrogens with one attached hydrogen (secondary N) is 1. The Hall–Kier alpha value is -0.660. The van der Waals surface area contributed by atoms with E-state index in [1.54, 1.807) is 0 Å². The van der Waals surface area contributed by atoms with Crippen LogP contribution >= 0.6 is 0 Å². The van der Waals surface area contributed by atoms with Crippen LogP contribution in [-0.2, 0) is 14.8 Å². The van der Waals surface area contributed by atoms with Crippen molar-refractivity contribution < 1.29 is 13.2 Å². The van der Waals surface area contributed by atoms with Crippen LogP contribution in [0.2, 0.25) is 0 Å². The second-order valence-corrected chi connectivity index (χ2v) is 8.89. The van der Waals surface area contributed by atoms with Crippen molar-refractivity contribution in [1.82, 2.24) is 14.5 Å². The summed E-state index contributed by atoms with van der Waals surface area (Å²) in [5, 5.41) is 3.15. The molecule has 0 aromatic heterocycles. The van der Waals surface area contributed by atoms with Crippen LogP contribution in [0.3, 0.4) is 0 Å². The average Bonchev–Trinajstić information content (AvgIpc) is 2.89. The van der Waals surface area contributed by atoms with E-state index < -0.39 is 16.1 Å². The molecule has 7 heteroatoms. The summed E-state index contributed by atoms with van der Waals surface area (Å²) < 4.78 is 24.9. The van der Waals surface area contributed by atoms with Gasteiger partial charge in [-0.05, 0) is 45.7 Å². The molecule has 1 N–H and O–H groups in total. The lowest BCUT2D eigenvalue weighted by Gasteiger charge is -2.35. The second kappa shape index (κ2) is 7.27. The fraction of sp³-hybridized carbons (Fsp3) is 0.933. The molecule has 1 saturated carbocycles. The Bertz CT molecular complexity index is 492. The molecule has 0 spiro atoms. The summed E-state index contributed by atoms with van der Waals surface area (Å²) in [5.41, 5.74) is 0. The maximum Gasteiger partial charge on any atom is 0.238 e. The van der Waals surface area contributed by atoms with Gasteiger partial charge in [-0.25, -0.2) is 8.42 Å². The maximum atomic E-state index is 12.6. The number of carbonyl (C=O) groups excluding carboxylic acids is 1. The molecule has 1 heterocycles. The molecule has 1 aliphatic heterocycles. The van der Waals surface area contributed by atoms with Crippen molar-refractivity contribution in [1.29, 1.82) is 0 Å². The van der Waals surface area contributed by atoms with Gasteiger partial charge in [0, 0.05) is 19.1 Å². The maximum absolute atomic E-state index is 12.6. The fourth-order valence-corrected chi connectivity index (χ4v) is 4.89. The molecule has 2 fully saturated rings. The van der Waals surface area contributed by atoms with E-state index in [4.69, 9.17) is 0 Å². The van der Waals surface area contributed by atoms with Crippen LogP contribution in [-0.4, -0.2) is 69.1 Å². The molecule has 1 saturated heterocycles. The van der Waals surface area contributed by atoms with Gasteiger partial charge in [-0.1, -0.05) is 12.8 Å². The Kier molecular flexibility index (Phi) is 5.85. The molecular weight excluding hydrogens is 302 g/mol. The zero-order valence-electron chi connectivity index (χ0n) is 13.9. The molecular formula is C15H29N3O3S. The number of nitrogens with zero attached hydrogens (tertiary/aromatic N) is 2. The summed E-state index contributed by atoms with van der Waals surface area (Å²) in [6.45, 7) is 1.42. The SMILES string of the molecule is CN(C)CC1CCCCC1NC(=O)C1CCCN1S(C)(=O)=O. The first kappa shape index (κ1) is 17.7. The monoisotopic (exact) mass is 331 g/mol. The highest BCUT2D eigenvalue weighted by Gasteiger charge is 2.38. The average molecular weight is 331 g/mol. The van der Waals surface area contributed by atoms with Crippen molar-refractivity contribution >= 4 is 15.9 Å². The standard InChI is InChI=1S/C15H29N3O3S/c1-17(2)11-12-7-4-5-8-13(12)16-15(19)14-9-6-10-18(14)22(3,20)21/h12-14H,4-11H2,1-3H3,(H,16,19). The Balaban J connectivity index is 2.00. The van der Waals surface area contributed by atoms with E-state index in [0.717, 1.165) is 32.2 Å². The van der Waals surface area contributed by atoms with Gasteiger partial charge in [0.1, 0.15) is 6.04 Å². The van der Waals surface area contributed by atoms with E-state index in [1.165, 1.54) is 17.0 Å². The lowest BCUT2D eigenvalue weighted by atomic mass is 9.84. The van der Waals surface area contributed by atoms with Gasteiger partial charge in [0.15, 0.2) is 0 Å². The molecule has 0 radical (unpaired) electrons. The lowest BCUT2D eigenvalue weighted by molar-refractivity contribution is -0.125. The first-order chi connectivity index (χ1) is 10.3. The van der Waals surface area contributed by atoms with Crippen molar-refractivity contribution in [2.45, 2.75) is 50.6 Å². The summed E-state index contributed by atoms with van der Waals surface area (Å²) >= 11 is 0. The fourth-order valence-electron chi connectivity index (χ4n) is 3.76. The van der Waals surface area contributed by atoms with Gasteiger partial charge in [-0.15, -0.1) is 0 Å². The lowest BCUT2D eigenvalue weighted by Crippen LogP contribution is -2.52. The summed E-state index contributed by atoms with van der Waals surface area (Å²) in [4.78, 5) is 14.7. The largest absolute Gasteiger partial charge is 0.352 e. The van der Waals surface area contributed by atoms with Crippen molar-refractivity contribution in [2.75, 3.05) is 33.4 Å². The zero-order chi connectivity index (χ0) is 16.3. The number of sulfonamides is 1. The van der Waals surface area contributed by atoms with Gasteiger partial charge in [0.2, 0.25) is 15.9 Å². The van der Waals surface area contributed by atoms with Gasteiger partial charge in [0.25, 0.3) is 0 Å². The second-order valence-electron chi connectivity index (χ2n) is 6.95. The Morgan fingerprint density at radius 1 is 1.18 bits per heavy atom. The molecule has 6 nitrogen and oxygen atoms in total. The van der Waals surface area contributed by atoms with Gasteiger partial charge >= 0.3 is 0 Å². The van der Waals surface area contributed by atoms with Gasteiger partial charge < -0.3 is 10.2 Å². The predicted molar refractivity (Wildman–Crippen MR) is 87.0 cm³/mol. The highest BCUT2D eigenvalue weighted by atomic mass is 32.2. The minimum atomic E-state index is -3.31. The molecule has 128 valence electrons. The van der Waals surface area contributed by atoms with Crippen molar-refractivity contribution in [3.63, 3.8) is 0 Å². The third-order valence-electron chi connectivity index (χ3n) is 4.77. The molecule has 22 heavy (non-hydrogen) atoms. The van der Waals surface area contributed by atoms with Crippen LogP contribution in [0.15, 0.2) is 0 Å². The van der Waals surface area contributed by atoms with Gasteiger partial charge in [0.05, 0.1) is 6.26 Å². The number of hydrogen-bond donors (Lipinski definition) is 1. The first-order valence-corrected chi connectivity index (χ1v) is 10.1. The summed E-state index contributed by atoms with van der Waals surface area (Å²) in [5.74, 6) is 0.347. The number of amides is 1. The molecule has 3 atom stereocenters. The van der Waals surface area contributed by atoms with Crippen LogP contribution < -0.4 is 5.32 Å². The molecule has 2 rings (SSSR count). The number of rotatable bonds is 5. The summed E-state index contributed by atoms with van der Waals surface area (Å²) in [6, 6.07) is -0.345. The third-order valence-corrected chi connectivity index (χ3v) is 6.06. The van der Waals surface area contributed by atoms with Crippen LogP contribution in [0.1, 0.15) is 38.5 Å². The molecule has 3 unspecified atom stereocenters. The third kappa shape index (κ3) is 4.43.